The van der Waals surface area contributed by atoms with Crippen molar-refractivity contribution in [2.24, 2.45) is 0 Å². The van der Waals surface area contributed by atoms with Crippen molar-refractivity contribution in [2.45, 2.75) is 19.4 Å². The van der Waals surface area contributed by atoms with Crippen LogP contribution in [0.3, 0.4) is 0 Å². The summed E-state index contributed by atoms with van der Waals surface area (Å²) in [5.41, 5.74) is 2.95. The minimum Gasteiger partial charge on any atom is -0.351 e. The number of carbonyl (C=O) groups excluding carboxylic acids is 2. The highest BCUT2D eigenvalue weighted by molar-refractivity contribution is 7.10. The van der Waals surface area contributed by atoms with Crippen LogP contribution in [0, 0.1) is 0 Å². The van der Waals surface area contributed by atoms with Gasteiger partial charge in [-0.15, -0.1) is 11.3 Å². The average molecular weight is 423 g/mol. The number of rotatable bonds is 4. The number of nitrogens with zero attached hydrogens (tertiary/aromatic N) is 3. The van der Waals surface area contributed by atoms with Crippen LogP contribution in [-0.4, -0.2) is 70.8 Å². The van der Waals surface area contributed by atoms with Gasteiger partial charge in [-0.1, -0.05) is 18.2 Å². The zero-order chi connectivity index (χ0) is 20.5. The Morgan fingerprint density at radius 1 is 1.00 bits per heavy atom. The second-order valence-corrected chi connectivity index (χ2v) is 9.09. The number of piperazine rings is 1. The Labute approximate surface area is 180 Å². The van der Waals surface area contributed by atoms with Crippen molar-refractivity contribution >= 4 is 34.1 Å². The lowest BCUT2D eigenvalue weighted by Crippen LogP contribution is -2.49. The molecule has 0 saturated carbocycles. The Hall–Kier alpha value is -2.64. The normalized spacial score (nSPS) is 17.3. The number of nitrogens with one attached hydrogen (secondary N) is 1. The standard InChI is InChI=1S/C23H26N4O2S/c28-22(27-9-5-21-18(16-27)7-14-30-21)6-8-25-10-12-26(13-11-25)23(29)20-15-17-3-1-2-4-19(17)24-20/h1-4,7,14-15,24H,5-6,8-13,16H2. The Kier molecular flexibility index (Phi) is 5.31. The largest absolute Gasteiger partial charge is 0.351 e. The average Bonchev–Trinajstić information content (AvgIpc) is 3.43. The summed E-state index contributed by atoms with van der Waals surface area (Å²) in [5, 5.41) is 3.18. The summed E-state index contributed by atoms with van der Waals surface area (Å²) in [5.74, 6) is 0.297. The highest BCUT2D eigenvalue weighted by atomic mass is 32.1. The third kappa shape index (κ3) is 3.87. The fourth-order valence-corrected chi connectivity index (χ4v) is 5.30. The number of aromatic nitrogens is 1. The topological polar surface area (TPSA) is 59.7 Å². The first-order chi connectivity index (χ1) is 14.7. The third-order valence-corrected chi connectivity index (χ3v) is 7.25. The molecule has 7 heteroatoms. The van der Waals surface area contributed by atoms with Gasteiger partial charge < -0.3 is 14.8 Å². The zero-order valence-corrected chi connectivity index (χ0v) is 17.8. The van der Waals surface area contributed by atoms with E-state index in [-0.39, 0.29) is 11.8 Å². The number of fused-ring (bicyclic) bond motifs is 2. The number of hydrogen-bond donors (Lipinski definition) is 1. The lowest BCUT2D eigenvalue weighted by atomic mass is 10.1. The van der Waals surface area contributed by atoms with Gasteiger partial charge in [0, 0.05) is 68.0 Å². The maximum absolute atomic E-state index is 12.8. The molecule has 0 spiro atoms. The fraction of sp³-hybridized carbons (Fsp3) is 0.391. The van der Waals surface area contributed by atoms with E-state index in [4.69, 9.17) is 0 Å². The van der Waals surface area contributed by atoms with Crippen molar-refractivity contribution in [3.8, 4) is 0 Å². The molecule has 6 nitrogen and oxygen atoms in total. The molecule has 2 amide bonds. The summed E-state index contributed by atoms with van der Waals surface area (Å²) < 4.78 is 0. The number of carbonyl (C=O) groups is 2. The van der Waals surface area contributed by atoms with Crippen molar-refractivity contribution in [2.75, 3.05) is 39.3 Å². The molecular weight excluding hydrogens is 396 g/mol. The Morgan fingerprint density at radius 2 is 1.83 bits per heavy atom. The predicted molar refractivity (Wildman–Crippen MR) is 119 cm³/mol. The monoisotopic (exact) mass is 422 g/mol. The van der Waals surface area contributed by atoms with E-state index < -0.39 is 0 Å². The van der Waals surface area contributed by atoms with Gasteiger partial charge in [-0.2, -0.15) is 0 Å². The Morgan fingerprint density at radius 3 is 2.67 bits per heavy atom. The summed E-state index contributed by atoms with van der Waals surface area (Å²) in [4.78, 5) is 36.3. The summed E-state index contributed by atoms with van der Waals surface area (Å²) in [7, 11) is 0. The molecule has 4 heterocycles. The van der Waals surface area contributed by atoms with Crippen molar-refractivity contribution in [1.29, 1.82) is 0 Å². The summed E-state index contributed by atoms with van der Waals surface area (Å²) in [6.07, 6.45) is 1.53. The molecule has 2 aliphatic rings. The second-order valence-electron chi connectivity index (χ2n) is 8.09. The summed E-state index contributed by atoms with van der Waals surface area (Å²) >= 11 is 1.80. The van der Waals surface area contributed by atoms with E-state index in [9.17, 15) is 9.59 Å². The van der Waals surface area contributed by atoms with Crippen LogP contribution < -0.4 is 0 Å². The van der Waals surface area contributed by atoms with Gasteiger partial charge in [0.2, 0.25) is 5.91 Å². The molecule has 0 bridgehead atoms. The minimum absolute atomic E-state index is 0.0572. The number of para-hydroxylation sites is 1. The van der Waals surface area contributed by atoms with Crippen LogP contribution in [0.15, 0.2) is 41.8 Å². The van der Waals surface area contributed by atoms with Crippen LogP contribution in [0.25, 0.3) is 10.9 Å². The van der Waals surface area contributed by atoms with Crippen LogP contribution in [0.5, 0.6) is 0 Å². The van der Waals surface area contributed by atoms with E-state index in [2.05, 4.69) is 21.3 Å². The van der Waals surface area contributed by atoms with Crippen LogP contribution in [0.1, 0.15) is 27.3 Å². The second kappa shape index (κ2) is 8.24. The molecule has 2 aromatic heterocycles. The molecule has 0 atom stereocenters. The van der Waals surface area contributed by atoms with Gasteiger partial charge >= 0.3 is 0 Å². The third-order valence-electron chi connectivity index (χ3n) is 6.22. The number of amides is 2. The van der Waals surface area contributed by atoms with Gasteiger partial charge in [0.1, 0.15) is 5.69 Å². The molecule has 0 aliphatic carbocycles. The van der Waals surface area contributed by atoms with Gasteiger partial charge in [0.15, 0.2) is 0 Å². The number of H-pyrrole nitrogens is 1. The molecule has 1 fully saturated rings. The van der Waals surface area contributed by atoms with Gasteiger partial charge in [0.25, 0.3) is 5.91 Å². The number of aromatic amines is 1. The first-order valence-corrected chi connectivity index (χ1v) is 11.5. The molecule has 0 radical (unpaired) electrons. The lowest BCUT2D eigenvalue weighted by Gasteiger charge is -2.35. The smallest absolute Gasteiger partial charge is 0.270 e. The van der Waals surface area contributed by atoms with E-state index in [1.165, 1.54) is 10.4 Å². The molecular formula is C23H26N4O2S. The quantitative estimate of drug-likeness (QED) is 0.703. The van der Waals surface area contributed by atoms with Gasteiger partial charge in [-0.3, -0.25) is 14.5 Å². The highest BCUT2D eigenvalue weighted by Crippen LogP contribution is 2.24. The molecule has 30 heavy (non-hydrogen) atoms. The predicted octanol–water partition coefficient (Wildman–Crippen LogP) is 2.96. The first-order valence-electron chi connectivity index (χ1n) is 10.6. The summed E-state index contributed by atoms with van der Waals surface area (Å²) in [6.45, 7) is 5.38. The molecule has 5 rings (SSSR count). The molecule has 3 aromatic rings. The van der Waals surface area contributed by atoms with Crippen molar-refractivity contribution in [3.63, 3.8) is 0 Å². The van der Waals surface area contributed by atoms with Crippen molar-refractivity contribution in [1.82, 2.24) is 19.7 Å². The van der Waals surface area contributed by atoms with E-state index in [0.717, 1.165) is 50.0 Å². The molecule has 156 valence electrons. The van der Waals surface area contributed by atoms with Gasteiger partial charge in [-0.25, -0.2) is 0 Å². The van der Waals surface area contributed by atoms with Crippen LogP contribution in [0.4, 0.5) is 0 Å². The van der Waals surface area contributed by atoms with E-state index in [1.54, 1.807) is 11.3 Å². The van der Waals surface area contributed by atoms with E-state index in [1.807, 2.05) is 40.1 Å². The maximum atomic E-state index is 12.8. The molecule has 1 saturated heterocycles. The van der Waals surface area contributed by atoms with E-state index in [0.29, 0.717) is 25.2 Å². The Balaban J connectivity index is 1.10. The number of hydrogen-bond acceptors (Lipinski definition) is 4. The molecule has 1 N–H and O–H groups in total. The number of benzene rings is 1. The van der Waals surface area contributed by atoms with Crippen molar-refractivity contribution in [3.05, 3.63) is 57.9 Å². The highest BCUT2D eigenvalue weighted by Gasteiger charge is 2.25. The maximum Gasteiger partial charge on any atom is 0.270 e. The summed E-state index contributed by atoms with van der Waals surface area (Å²) in [6, 6.07) is 12.0. The van der Waals surface area contributed by atoms with Crippen molar-refractivity contribution < 1.29 is 9.59 Å². The molecule has 1 aromatic carbocycles. The van der Waals surface area contributed by atoms with Crippen LogP contribution in [-0.2, 0) is 17.8 Å². The number of thiophene rings is 1. The Bertz CT molecular complexity index is 1030. The molecule has 0 unspecified atom stereocenters. The van der Waals surface area contributed by atoms with Gasteiger partial charge in [-0.05, 0) is 35.6 Å². The fourth-order valence-electron chi connectivity index (χ4n) is 4.41. The van der Waals surface area contributed by atoms with Crippen LogP contribution >= 0.6 is 11.3 Å². The lowest BCUT2D eigenvalue weighted by molar-refractivity contribution is -0.132. The first kappa shape index (κ1) is 19.3. The van der Waals surface area contributed by atoms with Crippen LogP contribution in [0.2, 0.25) is 0 Å². The zero-order valence-electron chi connectivity index (χ0n) is 17.0. The minimum atomic E-state index is 0.0572. The molecule has 2 aliphatic heterocycles. The SMILES string of the molecule is O=C(CCN1CCN(C(=O)c2cc3ccccc3[nH]2)CC1)N1CCc2sccc2C1. The van der Waals surface area contributed by atoms with E-state index >= 15 is 0 Å². The van der Waals surface area contributed by atoms with Gasteiger partial charge in [0.05, 0.1) is 0 Å².